The number of hydrogen-bond donors (Lipinski definition) is 1. The molecule has 0 radical (unpaired) electrons. The normalized spacial score (nSPS) is 12.3. The maximum atomic E-state index is 12.6. The summed E-state index contributed by atoms with van der Waals surface area (Å²) >= 11 is 0. The van der Waals surface area contributed by atoms with Crippen molar-refractivity contribution in [2.45, 2.75) is 44.7 Å². The standard InChI is InChI=1S/C14H24N2O2S/c1-5-9-16(12(2)3)19(17,18)14-8-6-7-13(10-14)11-15-4/h6-8,10,12,15H,5,9,11H2,1-4H3. The van der Waals surface area contributed by atoms with Crippen LogP contribution in [0.1, 0.15) is 32.8 Å². The molecule has 0 aliphatic rings. The quantitative estimate of drug-likeness (QED) is 0.835. The van der Waals surface area contributed by atoms with E-state index in [4.69, 9.17) is 0 Å². The molecule has 1 aromatic rings. The van der Waals surface area contributed by atoms with Crippen LogP contribution in [0.25, 0.3) is 0 Å². The Labute approximate surface area is 116 Å². The zero-order valence-electron chi connectivity index (χ0n) is 12.2. The van der Waals surface area contributed by atoms with Crippen molar-refractivity contribution in [1.29, 1.82) is 0 Å². The van der Waals surface area contributed by atoms with Crippen LogP contribution in [0, 0.1) is 0 Å². The van der Waals surface area contributed by atoms with Crippen LogP contribution in [0.5, 0.6) is 0 Å². The third-order valence-corrected chi connectivity index (χ3v) is 4.98. The summed E-state index contributed by atoms with van der Waals surface area (Å²) in [5.74, 6) is 0. The third kappa shape index (κ3) is 4.03. The van der Waals surface area contributed by atoms with Crippen LogP contribution in [-0.4, -0.2) is 32.4 Å². The predicted molar refractivity (Wildman–Crippen MR) is 78.5 cm³/mol. The van der Waals surface area contributed by atoms with Gasteiger partial charge in [0.2, 0.25) is 10.0 Å². The summed E-state index contributed by atoms with van der Waals surface area (Å²) in [4.78, 5) is 0.377. The predicted octanol–water partition coefficient (Wildman–Crippen LogP) is 2.22. The Hall–Kier alpha value is -0.910. The molecule has 0 spiro atoms. The summed E-state index contributed by atoms with van der Waals surface area (Å²) in [6.45, 7) is 7.02. The average molecular weight is 284 g/mol. The van der Waals surface area contributed by atoms with Gasteiger partial charge in [0, 0.05) is 19.1 Å². The molecule has 1 N–H and O–H groups in total. The van der Waals surface area contributed by atoms with Crippen LogP contribution in [0.3, 0.4) is 0 Å². The van der Waals surface area contributed by atoms with Crippen molar-refractivity contribution in [3.8, 4) is 0 Å². The minimum atomic E-state index is -3.40. The van der Waals surface area contributed by atoms with Gasteiger partial charge in [-0.1, -0.05) is 19.1 Å². The van der Waals surface area contributed by atoms with Gasteiger partial charge in [0.15, 0.2) is 0 Å². The van der Waals surface area contributed by atoms with Crippen LogP contribution in [0.15, 0.2) is 29.2 Å². The molecule has 1 aromatic carbocycles. The first-order chi connectivity index (χ1) is 8.93. The second kappa shape index (κ2) is 7.03. The molecule has 0 heterocycles. The fourth-order valence-corrected chi connectivity index (χ4v) is 3.83. The molecule has 0 saturated carbocycles. The van der Waals surface area contributed by atoms with E-state index in [0.717, 1.165) is 12.0 Å². The van der Waals surface area contributed by atoms with Crippen LogP contribution < -0.4 is 5.32 Å². The summed E-state index contributed by atoms with van der Waals surface area (Å²) in [6.07, 6.45) is 0.813. The molecule has 0 bridgehead atoms. The van der Waals surface area contributed by atoms with Gasteiger partial charge >= 0.3 is 0 Å². The molecule has 0 unspecified atom stereocenters. The van der Waals surface area contributed by atoms with Crippen molar-refractivity contribution in [3.05, 3.63) is 29.8 Å². The van der Waals surface area contributed by atoms with Gasteiger partial charge < -0.3 is 5.32 Å². The molecule has 0 atom stereocenters. The number of hydrogen-bond acceptors (Lipinski definition) is 3. The van der Waals surface area contributed by atoms with Crippen LogP contribution in [-0.2, 0) is 16.6 Å². The number of nitrogens with one attached hydrogen (secondary N) is 1. The zero-order chi connectivity index (χ0) is 14.5. The summed E-state index contributed by atoms with van der Waals surface area (Å²) in [5, 5.41) is 3.03. The lowest BCUT2D eigenvalue weighted by atomic mass is 10.2. The van der Waals surface area contributed by atoms with Gasteiger partial charge in [-0.25, -0.2) is 8.42 Å². The lowest BCUT2D eigenvalue weighted by Gasteiger charge is -2.25. The van der Waals surface area contributed by atoms with Crippen LogP contribution >= 0.6 is 0 Å². The van der Waals surface area contributed by atoms with Crippen LogP contribution in [0.2, 0.25) is 0 Å². The van der Waals surface area contributed by atoms with Crippen molar-refractivity contribution < 1.29 is 8.42 Å². The highest BCUT2D eigenvalue weighted by Crippen LogP contribution is 2.19. The number of nitrogens with zero attached hydrogens (tertiary/aromatic N) is 1. The highest BCUT2D eigenvalue weighted by molar-refractivity contribution is 7.89. The van der Waals surface area contributed by atoms with Gasteiger partial charge in [0.05, 0.1) is 4.90 Å². The molecule has 4 nitrogen and oxygen atoms in total. The van der Waals surface area contributed by atoms with Crippen molar-refractivity contribution in [2.75, 3.05) is 13.6 Å². The first-order valence-corrected chi connectivity index (χ1v) is 8.12. The van der Waals surface area contributed by atoms with Crippen LogP contribution in [0.4, 0.5) is 0 Å². The van der Waals surface area contributed by atoms with E-state index in [1.54, 1.807) is 22.5 Å². The molecule has 0 saturated heterocycles. The summed E-state index contributed by atoms with van der Waals surface area (Å²) < 4.78 is 26.8. The molecule has 1 rings (SSSR count). The molecule has 108 valence electrons. The second-order valence-electron chi connectivity index (χ2n) is 4.89. The summed E-state index contributed by atoms with van der Waals surface area (Å²) in [7, 11) is -1.55. The van der Waals surface area contributed by atoms with E-state index in [0.29, 0.717) is 18.0 Å². The maximum Gasteiger partial charge on any atom is 0.243 e. The lowest BCUT2D eigenvalue weighted by Crippen LogP contribution is -2.37. The fourth-order valence-electron chi connectivity index (χ4n) is 2.03. The Morgan fingerprint density at radius 3 is 2.53 bits per heavy atom. The van der Waals surface area contributed by atoms with Gasteiger partial charge in [0.1, 0.15) is 0 Å². The Bertz CT molecular complexity index is 498. The largest absolute Gasteiger partial charge is 0.316 e. The van der Waals surface area contributed by atoms with E-state index in [9.17, 15) is 8.42 Å². The van der Waals surface area contributed by atoms with Gasteiger partial charge in [-0.3, -0.25) is 0 Å². The molecule has 0 aromatic heterocycles. The average Bonchev–Trinajstić information content (AvgIpc) is 2.36. The SMILES string of the molecule is CCCN(C(C)C)S(=O)(=O)c1cccc(CNC)c1. The Morgan fingerprint density at radius 1 is 1.32 bits per heavy atom. The van der Waals surface area contributed by atoms with E-state index in [1.165, 1.54) is 0 Å². The molecule has 0 aliphatic heterocycles. The highest BCUT2D eigenvalue weighted by atomic mass is 32.2. The van der Waals surface area contributed by atoms with Gasteiger partial charge in [-0.15, -0.1) is 0 Å². The number of sulfonamides is 1. The van der Waals surface area contributed by atoms with E-state index >= 15 is 0 Å². The zero-order valence-corrected chi connectivity index (χ0v) is 13.0. The molecule has 0 fully saturated rings. The molecular weight excluding hydrogens is 260 g/mol. The summed E-state index contributed by atoms with van der Waals surface area (Å²) in [5.41, 5.74) is 0.976. The third-order valence-electron chi connectivity index (χ3n) is 2.91. The Kier molecular flexibility index (Phi) is 5.97. The molecular formula is C14H24N2O2S. The lowest BCUT2D eigenvalue weighted by molar-refractivity contribution is 0.354. The van der Waals surface area contributed by atoms with Crippen molar-refractivity contribution in [2.24, 2.45) is 0 Å². The minimum Gasteiger partial charge on any atom is -0.316 e. The molecule has 19 heavy (non-hydrogen) atoms. The van der Waals surface area contributed by atoms with E-state index in [2.05, 4.69) is 5.32 Å². The number of benzene rings is 1. The summed E-state index contributed by atoms with van der Waals surface area (Å²) in [6, 6.07) is 7.10. The molecule has 0 aliphatic carbocycles. The van der Waals surface area contributed by atoms with E-state index in [1.807, 2.05) is 33.9 Å². The second-order valence-corrected chi connectivity index (χ2v) is 6.78. The molecule has 0 amide bonds. The number of rotatable bonds is 7. The Morgan fingerprint density at radius 2 is 2.00 bits per heavy atom. The first kappa shape index (κ1) is 16.1. The maximum absolute atomic E-state index is 12.6. The van der Waals surface area contributed by atoms with Gasteiger partial charge in [0.25, 0.3) is 0 Å². The van der Waals surface area contributed by atoms with Gasteiger partial charge in [-0.2, -0.15) is 4.31 Å². The smallest absolute Gasteiger partial charge is 0.243 e. The van der Waals surface area contributed by atoms with E-state index < -0.39 is 10.0 Å². The van der Waals surface area contributed by atoms with E-state index in [-0.39, 0.29) is 6.04 Å². The van der Waals surface area contributed by atoms with Crippen molar-refractivity contribution in [1.82, 2.24) is 9.62 Å². The van der Waals surface area contributed by atoms with Crippen molar-refractivity contribution in [3.63, 3.8) is 0 Å². The minimum absolute atomic E-state index is 0.0297. The Balaban J connectivity index is 3.13. The fraction of sp³-hybridized carbons (Fsp3) is 0.571. The monoisotopic (exact) mass is 284 g/mol. The highest BCUT2D eigenvalue weighted by Gasteiger charge is 2.26. The first-order valence-electron chi connectivity index (χ1n) is 6.68. The van der Waals surface area contributed by atoms with Crippen molar-refractivity contribution >= 4 is 10.0 Å². The van der Waals surface area contributed by atoms with Gasteiger partial charge in [-0.05, 0) is 45.0 Å². The topological polar surface area (TPSA) is 49.4 Å². The molecule has 5 heteroatoms.